The van der Waals surface area contributed by atoms with Crippen LogP contribution in [0.5, 0.6) is 0 Å². The van der Waals surface area contributed by atoms with Crippen LogP contribution < -0.4 is 5.32 Å². The number of rotatable bonds is 5. The van der Waals surface area contributed by atoms with Crippen LogP contribution in [0.1, 0.15) is 23.3 Å². The Balaban J connectivity index is 1.92. The first-order chi connectivity index (χ1) is 10.1. The molecule has 1 amide bonds. The number of aryl methyl sites for hydroxylation is 1. The average Bonchev–Trinajstić information content (AvgIpc) is 2.96. The van der Waals surface area contributed by atoms with Gasteiger partial charge < -0.3 is 5.32 Å². The number of anilines is 1. The third-order valence-electron chi connectivity index (χ3n) is 2.88. The SMILES string of the molecule is C#Cc1cc(F)c(NC(=O)CCCc2cccs2)c(F)c1. The fourth-order valence-corrected chi connectivity index (χ4v) is 2.61. The van der Waals surface area contributed by atoms with Crippen molar-refractivity contribution in [1.29, 1.82) is 0 Å². The van der Waals surface area contributed by atoms with Crippen molar-refractivity contribution in [2.45, 2.75) is 19.3 Å². The molecule has 0 saturated carbocycles. The summed E-state index contributed by atoms with van der Waals surface area (Å²) in [5.41, 5.74) is -0.351. The molecule has 0 aliphatic heterocycles. The van der Waals surface area contributed by atoms with Gasteiger partial charge in [0, 0.05) is 16.9 Å². The summed E-state index contributed by atoms with van der Waals surface area (Å²) in [6.07, 6.45) is 6.68. The second-order valence-corrected chi connectivity index (χ2v) is 5.47. The molecule has 2 aromatic rings. The van der Waals surface area contributed by atoms with Crippen molar-refractivity contribution in [2.75, 3.05) is 5.32 Å². The summed E-state index contributed by atoms with van der Waals surface area (Å²) in [6.45, 7) is 0. The van der Waals surface area contributed by atoms with E-state index in [1.165, 1.54) is 4.88 Å². The smallest absolute Gasteiger partial charge is 0.224 e. The van der Waals surface area contributed by atoms with Gasteiger partial charge in [-0.25, -0.2) is 8.78 Å². The summed E-state index contributed by atoms with van der Waals surface area (Å²) < 4.78 is 27.3. The maximum atomic E-state index is 13.7. The fourth-order valence-electron chi connectivity index (χ4n) is 1.86. The lowest BCUT2D eigenvalue weighted by Gasteiger charge is -2.08. The van der Waals surface area contributed by atoms with Gasteiger partial charge in [-0.05, 0) is 36.4 Å². The monoisotopic (exact) mass is 305 g/mol. The zero-order valence-corrected chi connectivity index (χ0v) is 12.0. The van der Waals surface area contributed by atoms with Gasteiger partial charge in [0.1, 0.15) is 5.69 Å². The Morgan fingerprint density at radius 2 is 2.05 bits per heavy atom. The van der Waals surface area contributed by atoms with Gasteiger partial charge in [-0.2, -0.15) is 0 Å². The van der Waals surface area contributed by atoms with Gasteiger partial charge >= 0.3 is 0 Å². The number of nitrogens with one attached hydrogen (secondary N) is 1. The van der Waals surface area contributed by atoms with Gasteiger partial charge in [0.05, 0.1) is 0 Å². The standard InChI is InChI=1S/C16H13F2NOS/c1-2-11-9-13(17)16(14(18)10-11)19-15(20)7-3-5-12-6-4-8-21-12/h1,4,6,8-10H,3,5,7H2,(H,19,20). The van der Waals surface area contributed by atoms with Crippen molar-refractivity contribution in [3.05, 3.63) is 51.7 Å². The van der Waals surface area contributed by atoms with Gasteiger partial charge in [-0.1, -0.05) is 12.0 Å². The average molecular weight is 305 g/mol. The zero-order valence-electron chi connectivity index (χ0n) is 11.2. The molecule has 0 bridgehead atoms. The number of carbonyl (C=O) groups is 1. The van der Waals surface area contributed by atoms with Crippen molar-refractivity contribution in [3.8, 4) is 12.3 Å². The minimum atomic E-state index is -0.866. The van der Waals surface area contributed by atoms with E-state index in [0.717, 1.165) is 18.6 Å². The quantitative estimate of drug-likeness (QED) is 0.832. The Bertz CT molecular complexity index is 651. The Kier molecular flexibility index (Phi) is 5.07. The van der Waals surface area contributed by atoms with Crippen LogP contribution in [-0.4, -0.2) is 5.91 Å². The number of benzene rings is 1. The van der Waals surface area contributed by atoms with Crippen LogP contribution >= 0.6 is 11.3 Å². The first kappa shape index (κ1) is 15.2. The lowest BCUT2D eigenvalue weighted by Crippen LogP contribution is -2.14. The summed E-state index contributed by atoms with van der Waals surface area (Å²) in [4.78, 5) is 12.9. The van der Waals surface area contributed by atoms with Crippen molar-refractivity contribution in [1.82, 2.24) is 0 Å². The normalized spacial score (nSPS) is 10.1. The Morgan fingerprint density at radius 1 is 1.33 bits per heavy atom. The molecule has 1 heterocycles. The minimum Gasteiger partial charge on any atom is -0.321 e. The number of hydrogen-bond acceptors (Lipinski definition) is 2. The first-order valence-corrected chi connectivity index (χ1v) is 7.26. The summed E-state index contributed by atoms with van der Waals surface area (Å²) in [5, 5.41) is 4.22. The highest BCUT2D eigenvalue weighted by molar-refractivity contribution is 7.09. The van der Waals surface area contributed by atoms with Crippen LogP contribution in [0, 0.1) is 24.0 Å². The maximum absolute atomic E-state index is 13.7. The number of carbonyl (C=O) groups excluding carboxylic acids is 1. The van der Waals surface area contributed by atoms with E-state index in [4.69, 9.17) is 6.42 Å². The van der Waals surface area contributed by atoms with Gasteiger partial charge in [0.25, 0.3) is 0 Å². The Morgan fingerprint density at radius 3 is 2.62 bits per heavy atom. The molecular formula is C16H13F2NOS. The molecule has 2 rings (SSSR count). The molecule has 0 radical (unpaired) electrons. The summed E-state index contributed by atoms with van der Waals surface area (Å²) in [5.74, 6) is -0.00348. The van der Waals surface area contributed by atoms with Crippen LogP contribution in [0.4, 0.5) is 14.5 Å². The van der Waals surface area contributed by atoms with Gasteiger partial charge in [-0.15, -0.1) is 17.8 Å². The molecule has 0 atom stereocenters. The molecule has 2 nitrogen and oxygen atoms in total. The number of thiophene rings is 1. The Labute approximate surface area is 125 Å². The highest BCUT2D eigenvalue weighted by Crippen LogP contribution is 2.21. The van der Waals surface area contributed by atoms with E-state index in [1.807, 2.05) is 17.5 Å². The third kappa shape index (κ3) is 4.14. The zero-order chi connectivity index (χ0) is 15.2. The van der Waals surface area contributed by atoms with E-state index in [-0.39, 0.29) is 12.0 Å². The van der Waals surface area contributed by atoms with E-state index in [2.05, 4.69) is 11.2 Å². The summed E-state index contributed by atoms with van der Waals surface area (Å²) in [7, 11) is 0. The van der Waals surface area contributed by atoms with E-state index < -0.39 is 23.2 Å². The molecule has 1 N–H and O–H groups in total. The van der Waals surface area contributed by atoms with Crippen LogP contribution in [0.2, 0.25) is 0 Å². The van der Waals surface area contributed by atoms with E-state index in [1.54, 1.807) is 11.3 Å². The molecule has 1 aromatic carbocycles. The molecule has 0 fully saturated rings. The van der Waals surface area contributed by atoms with Crippen molar-refractivity contribution in [3.63, 3.8) is 0 Å². The molecule has 0 aliphatic rings. The van der Waals surface area contributed by atoms with Crippen LogP contribution in [-0.2, 0) is 11.2 Å². The van der Waals surface area contributed by atoms with E-state index >= 15 is 0 Å². The van der Waals surface area contributed by atoms with Crippen molar-refractivity contribution >= 4 is 22.9 Å². The second kappa shape index (κ2) is 7.00. The number of hydrogen-bond donors (Lipinski definition) is 1. The largest absolute Gasteiger partial charge is 0.321 e. The predicted molar refractivity (Wildman–Crippen MR) is 80.2 cm³/mol. The van der Waals surface area contributed by atoms with Gasteiger partial charge in [0.15, 0.2) is 11.6 Å². The van der Waals surface area contributed by atoms with E-state index in [9.17, 15) is 13.6 Å². The van der Waals surface area contributed by atoms with E-state index in [0.29, 0.717) is 6.42 Å². The molecule has 0 aliphatic carbocycles. The number of amides is 1. The lowest BCUT2D eigenvalue weighted by atomic mass is 10.1. The molecule has 108 valence electrons. The van der Waals surface area contributed by atoms with Crippen molar-refractivity contribution in [2.24, 2.45) is 0 Å². The molecule has 0 saturated heterocycles. The topological polar surface area (TPSA) is 29.1 Å². The van der Waals surface area contributed by atoms with Crippen LogP contribution in [0.3, 0.4) is 0 Å². The fraction of sp³-hybridized carbons (Fsp3) is 0.188. The van der Waals surface area contributed by atoms with Gasteiger partial charge in [0.2, 0.25) is 5.91 Å². The lowest BCUT2D eigenvalue weighted by molar-refractivity contribution is -0.116. The number of terminal acetylenes is 1. The summed E-state index contributed by atoms with van der Waals surface area (Å²) >= 11 is 1.62. The molecule has 0 spiro atoms. The molecule has 1 aromatic heterocycles. The first-order valence-electron chi connectivity index (χ1n) is 6.38. The number of halogens is 2. The third-order valence-corrected chi connectivity index (χ3v) is 3.82. The molecule has 0 unspecified atom stereocenters. The minimum absolute atomic E-state index is 0.0979. The predicted octanol–water partition coefficient (Wildman–Crippen LogP) is 3.97. The highest BCUT2D eigenvalue weighted by atomic mass is 32.1. The Hall–Kier alpha value is -2.19. The summed E-state index contributed by atoms with van der Waals surface area (Å²) in [6, 6.07) is 5.97. The van der Waals surface area contributed by atoms with Gasteiger partial charge in [-0.3, -0.25) is 4.79 Å². The maximum Gasteiger partial charge on any atom is 0.224 e. The highest BCUT2D eigenvalue weighted by Gasteiger charge is 2.13. The molecule has 5 heteroatoms. The van der Waals surface area contributed by atoms with Crippen LogP contribution in [0.15, 0.2) is 29.6 Å². The van der Waals surface area contributed by atoms with Crippen LogP contribution in [0.25, 0.3) is 0 Å². The second-order valence-electron chi connectivity index (χ2n) is 4.44. The molecular weight excluding hydrogens is 292 g/mol. The van der Waals surface area contributed by atoms with Crippen molar-refractivity contribution < 1.29 is 13.6 Å². The molecule has 21 heavy (non-hydrogen) atoms.